The van der Waals surface area contributed by atoms with Gasteiger partial charge in [-0.1, -0.05) is 12.1 Å². The highest BCUT2D eigenvalue weighted by Crippen LogP contribution is 2.38. The van der Waals surface area contributed by atoms with Gasteiger partial charge in [-0.25, -0.2) is 0 Å². The van der Waals surface area contributed by atoms with Crippen LogP contribution in [-0.2, 0) is 20.3 Å². The highest BCUT2D eigenvalue weighted by atomic mass is 19.4. The summed E-state index contributed by atoms with van der Waals surface area (Å²) in [5, 5.41) is 4.74. The van der Waals surface area contributed by atoms with Gasteiger partial charge in [-0.15, -0.1) is 0 Å². The molecular formula is C14H13F3N4. The maximum atomic E-state index is 13.1. The number of nitrogens with two attached hydrogens (primary N) is 1. The number of aromatic nitrogens is 3. The van der Waals surface area contributed by atoms with Crippen molar-refractivity contribution in [3.8, 4) is 11.3 Å². The van der Waals surface area contributed by atoms with Crippen LogP contribution in [0.2, 0.25) is 0 Å². The Morgan fingerprint density at radius 1 is 1.19 bits per heavy atom. The molecule has 0 atom stereocenters. The number of nitrogens with zero attached hydrogens (tertiary/aromatic N) is 3. The van der Waals surface area contributed by atoms with E-state index in [1.807, 2.05) is 0 Å². The first-order valence-electron chi connectivity index (χ1n) is 6.24. The summed E-state index contributed by atoms with van der Waals surface area (Å²) in [4.78, 5) is 0. The van der Waals surface area contributed by atoms with Crippen molar-refractivity contribution in [2.75, 3.05) is 5.73 Å². The van der Waals surface area contributed by atoms with Crippen molar-refractivity contribution >= 4 is 16.7 Å². The Morgan fingerprint density at radius 3 is 2.48 bits per heavy atom. The third-order valence-corrected chi connectivity index (χ3v) is 3.50. The maximum absolute atomic E-state index is 13.1. The van der Waals surface area contributed by atoms with Gasteiger partial charge in [0.1, 0.15) is 5.82 Å². The molecule has 0 aliphatic carbocycles. The Balaban J connectivity index is 2.32. The average molecular weight is 294 g/mol. The van der Waals surface area contributed by atoms with Gasteiger partial charge in [-0.2, -0.15) is 18.3 Å². The lowest BCUT2D eigenvalue weighted by atomic mass is 10.1. The normalized spacial score (nSPS) is 12.2. The highest BCUT2D eigenvalue weighted by Gasteiger charge is 2.34. The first kappa shape index (κ1) is 13.5. The smallest absolute Gasteiger partial charge is 0.384 e. The van der Waals surface area contributed by atoms with Gasteiger partial charge in [-0.3, -0.25) is 4.68 Å². The Labute approximate surface area is 118 Å². The van der Waals surface area contributed by atoms with Gasteiger partial charge in [0.15, 0.2) is 0 Å². The predicted molar refractivity (Wildman–Crippen MR) is 74.5 cm³/mol. The van der Waals surface area contributed by atoms with Crippen molar-refractivity contribution in [2.24, 2.45) is 14.1 Å². The molecule has 0 aliphatic rings. The third kappa shape index (κ3) is 2.05. The third-order valence-electron chi connectivity index (χ3n) is 3.50. The lowest BCUT2D eigenvalue weighted by molar-refractivity contribution is -0.136. The van der Waals surface area contributed by atoms with Crippen LogP contribution in [0, 0.1) is 0 Å². The number of halogens is 3. The van der Waals surface area contributed by atoms with Crippen molar-refractivity contribution in [3.05, 3.63) is 36.0 Å². The van der Waals surface area contributed by atoms with Crippen LogP contribution in [-0.4, -0.2) is 14.3 Å². The van der Waals surface area contributed by atoms with Gasteiger partial charge in [0, 0.05) is 37.3 Å². The highest BCUT2D eigenvalue weighted by molar-refractivity contribution is 5.97. The molecule has 4 nitrogen and oxygen atoms in total. The molecule has 7 heteroatoms. The fourth-order valence-corrected chi connectivity index (χ4v) is 2.51. The standard InChI is InChI=1S/C14H13F3N4/c1-20-7-9(11-6-12(18)21(2)19-11)8-4-3-5-10(13(8)20)14(15,16)17/h3-7H,18H2,1-2H3. The Kier molecular flexibility index (Phi) is 2.76. The quantitative estimate of drug-likeness (QED) is 0.749. The molecule has 1 aromatic carbocycles. The van der Waals surface area contributed by atoms with Gasteiger partial charge in [0.2, 0.25) is 0 Å². The van der Waals surface area contributed by atoms with E-state index in [2.05, 4.69) is 5.10 Å². The number of fused-ring (bicyclic) bond motifs is 1. The molecular weight excluding hydrogens is 281 g/mol. The summed E-state index contributed by atoms with van der Waals surface area (Å²) in [5.41, 5.74) is 6.42. The topological polar surface area (TPSA) is 48.8 Å². The lowest BCUT2D eigenvalue weighted by Crippen LogP contribution is -2.07. The molecule has 0 aliphatic heterocycles. The molecule has 21 heavy (non-hydrogen) atoms. The summed E-state index contributed by atoms with van der Waals surface area (Å²) < 4.78 is 42.3. The number of alkyl halides is 3. The summed E-state index contributed by atoms with van der Waals surface area (Å²) in [5.74, 6) is 0.453. The molecule has 2 aromatic heterocycles. The number of hydrogen-bond donors (Lipinski definition) is 1. The van der Waals surface area contributed by atoms with E-state index in [9.17, 15) is 13.2 Å². The van der Waals surface area contributed by atoms with E-state index in [-0.39, 0.29) is 5.52 Å². The lowest BCUT2D eigenvalue weighted by Gasteiger charge is -2.09. The molecule has 0 unspecified atom stereocenters. The largest absolute Gasteiger partial charge is 0.418 e. The van der Waals surface area contributed by atoms with E-state index >= 15 is 0 Å². The second-order valence-corrected chi connectivity index (χ2v) is 4.93. The van der Waals surface area contributed by atoms with Crippen LogP contribution in [0.5, 0.6) is 0 Å². The fourth-order valence-electron chi connectivity index (χ4n) is 2.51. The average Bonchev–Trinajstić information content (AvgIpc) is 2.90. The van der Waals surface area contributed by atoms with Crippen molar-refractivity contribution in [1.82, 2.24) is 14.3 Å². The van der Waals surface area contributed by atoms with Gasteiger partial charge < -0.3 is 10.3 Å². The van der Waals surface area contributed by atoms with E-state index in [0.29, 0.717) is 22.5 Å². The number of hydrogen-bond acceptors (Lipinski definition) is 2. The van der Waals surface area contributed by atoms with Crippen molar-refractivity contribution in [1.29, 1.82) is 0 Å². The van der Waals surface area contributed by atoms with Crippen molar-refractivity contribution < 1.29 is 13.2 Å². The minimum Gasteiger partial charge on any atom is -0.384 e. The van der Waals surface area contributed by atoms with Crippen LogP contribution in [0.15, 0.2) is 30.5 Å². The van der Waals surface area contributed by atoms with Crippen LogP contribution in [0.1, 0.15) is 5.56 Å². The summed E-state index contributed by atoms with van der Waals surface area (Å²) in [6.45, 7) is 0. The zero-order valence-electron chi connectivity index (χ0n) is 11.4. The first-order valence-corrected chi connectivity index (χ1v) is 6.24. The molecule has 110 valence electrons. The number of para-hydroxylation sites is 1. The summed E-state index contributed by atoms with van der Waals surface area (Å²) in [6, 6.07) is 5.79. The molecule has 0 saturated carbocycles. The van der Waals surface area contributed by atoms with Crippen molar-refractivity contribution in [2.45, 2.75) is 6.18 Å². The van der Waals surface area contributed by atoms with Crippen LogP contribution in [0.4, 0.5) is 19.0 Å². The number of nitrogen functional groups attached to an aromatic ring is 1. The SMILES string of the molecule is Cn1nc(-c2cn(C)c3c(C(F)(F)F)cccc23)cc1N. The molecule has 0 saturated heterocycles. The Hall–Kier alpha value is -2.44. The van der Waals surface area contributed by atoms with E-state index in [1.54, 1.807) is 32.4 Å². The van der Waals surface area contributed by atoms with Crippen molar-refractivity contribution in [3.63, 3.8) is 0 Å². The van der Waals surface area contributed by atoms with Crippen LogP contribution >= 0.6 is 0 Å². The molecule has 0 amide bonds. The number of anilines is 1. The molecule has 0 spiro atoms. The fraction of sp³-hybridized carbons (Fsp3) is 0.214. The summed E-state index contributed by atoms with van der Waals surface area (Å²) >= 11 is 0. The molecule has 2 heterocycles. The van der Waals surface area contributed by atoms with Crippen LogP contribution in [0.3, 0.4) is 0 Å². The molecule has 3 aromatic rings. The van der Waals surface area contributed by atoms with Gasteiger partial charge in [0.25, 0.3) is 0 Å². The second kappa shape index (κ2) is 4.28. The number of rotatable bonds is 1. The maximum Gasteiger partial charge on any atom is 0.418 e. The molecule has 0 radical (unpaired) electrons. The van der Waals surface area contributed by atoms with E-state index in [1.165, 1.54) is 15.3 Å². The van der Waals surface area contributed by atoms with Gasteiger partial charge >= 0.3 is 6.18 Å². The van der Waals surface area contributed by atoms with E-state index in [0.717, 1.165) is 6.07 Å². The van der Waals surface area contributed by atoms with Gasteiger partial charge in [0.05, 0.1) is 16.8 Å². The Bertz CT molecular complexity index is 807. The second-order valence-electron chi connectivity index (χ2n) is 4.93. The van der Waals surface area contributed by atoms with Gasteiger partial charge in [-0.05, 0) is 6.07 Å². The zero-order chi connectivity index (χ0) is 15.4. The summed E-state index contributed by atoms with van der Waals surface area (Å²) in [6.07, 6.45) is -2.76. The first-order chi connectivity index (χ1) is 9.79. The van der Waals surface area contributed by atoms with E-state index < -0.39 is 11.7 Å². The van der Waals surface area contributed by atoms with Crippen LogP contribution < -0.4 is 5.73 Å². The molecule has 0 bridgehead atoms. The molecule has 3 rings (SSSR count). The predicted octanol–water partition coefficient (Wildman–Crippen LogP) is 3.18. The number of aryl methyl sites for hydroxylation is 2. The number of benzene rings is 1. The minimum absolute atomic E-state index is 0.143. The molecule has 0 fully saturated rings. The van der Waals surface area contributed by atoms with Crippen LogP contribution in [0.25, 0.3) is 22.2 Å². The zero-order valence-corrected chi connectivity index (χ0v) is 11.4. The Morgan fingerprint density at radius 2 is 1.90 bits per heavy atom. The molecule has 2 N–H and O–H groups in total. The minimum atomic E-state index is -4.40. The van der Waals surface area contributed by atoms with E-state index in [4.69, 9.17) is 5.73 Å². The monoisotopic (exact) mass is 294 g/mol. The summed E-state index contributed by atoms with van der Waals surface area (Å²) in [7, 11) is 3.28.